The molecule has 0 bridgehead atoms. The average Bonchev–Trinajstić information content (AvgIpc) is 3.53. The number of primary amides is 2. The lowest BCUT2D eigenvalue weighted by Crippen LogP contribution is -2.60. The Labute approximate surface area is 299 Å². The number of carbonyl (C=O) groups excluding carboxylic acids is 8. The van der Waals surface area contributed by atoms with Gasteiger partial charge in [-0.3, -0.25) is 43.2 Å². The quantitative estimate of drug-likeness (QED) is 0.0534. The second-order valence-corrected chi connectivity index (χ2v) is 13.0. The summed E-state index contributed by atoms with van der Waals surface area (Å²) in [4.78, 5) is 126. The SMILES string of the molecule is CC[C@H](C)[C@H](NC(=O)[C@@H](N)CC(N)=O)C(=O)N[C@@H](CC(=O)O)C(=O)N1CCC[C@H]1C(=O)N[C@@H](CC(N)=O)C(=O)N[C@@H](C)C(=O)N[C@H](C(=O)O)C(C)C. The lowest BCUT2D eigenvalue weighted by molar-refractivity contribution is -0.146. The van der Waals surface area contributed by atoms with Crippen molar-refractivity contribution in [2.75, 3.05) is 6.54 Å². The molecule has 21 nitrogen and oxygen atoms in total. The first-order valence-corrected chi connectivity index (χ1v) is 16.7. The molecule has 13 N–H and O–H groups in total. The number of hydrogen-bond acceptors (Lipinski definition) is 11. The van der Waals surface area contributed by atoms with Crippen LogP contribution in [0.25, 0.3) is 0 Å². The van der Waals surface area contributed by atoms with Crippen molar-refractivity contribution in [1.29, 1.82) is 0 Å². The van der Waals surface area contributed by atoms with E-state index < -0.39 is 133 Å². The fourth-order valence-electron chi connectivity index (χ4n) is 5.26. The Hall–Kier alpha value is -5.34. The van der Waals surface area contributed by atoms with E-state index >= 15 is 0 Å². The predicted octanol–water partition coefficient (Wildman–Crippen LogP) is -4.24. The largest absolute Gasteiger partial charge is 0.481 e. The zero-order valence-electron chi connectivity index (χ0n) is 29.8. The van der Waals surface area contributed by atoms with Crippen LogP contribution >= 0.6 is 0 Å². The van der Waals surface area contributed by atoms with E-state index in [1.54, 1.807) is 27.7 Å². The van der Waals surface area contributed by atoms with Crippen LogP contribution in [0.1, 0.15) is 73.1 Å². The Morgan fingerprint density at radius 3 is 1.79 bits per heavy atom. The van der Waals surface area contributed by atoms with E-state index in [0.29, 0.717) is 6.42 Å². The Balaban J connectivity index is 3.19. The van der Waals surface area contributed by atoms with Crippen LogP contribution in [0.15, 0.2) is 0 Å². The number of hydrogen-bond donors (Lipinski definition) is 10. The molecule has 1 aliphatic heterocycles. The summed E-state index contributed by atoms with van der Waals surface area (Å²) in [7, 11) is 0. The second kappa shape index (κ2) is 20.5. The standard InChI is InChI=1S/C31H51N9O12/c1-6-14(4)24(39-26(46)16(32)10-20(33)41)29(49)37-18(12-22(43)44)30(50)40-9-7-8-19(40)28(48)36-17(11-21(34)42)27(47)35-15(5)25(45)38-23(13(2)3)31(51)52/h13-19,23-24H,6-12,32H2,1-5H3,(H2,33,41)(H2,34,42)(H,35,47)(H,36,48)(H,37,49)(H,38,45)(H,39,46)(H,43,44)(H,51,52)/t14-,15-,16-,17-,18-,19-,23-,24-/m0/s1. The van der Waals surface area contributed by atoms with Crippen LogP contribution in [0.4, 0.5) is 0 Å². The Kier molecular flexibility index (Phi) is 17.6. The average molecular weight is 742 g/mol. The van der Waals surface area contributed by atoms with Crippen LogP contribution in [-0.4, -0.2) is 123 Å². The topological polar surface area (TPSA) is 353 Å². The van der Waals surface area contributed by atoms with Crippen LogP contribution in [0.5, 0.6) is 0 Å². The number of likely N-dealkylation sites (tertiary alicyclic amines) is 1. The highest BCUT2D eigenvalue weighted by Gasteiger charge is 2.41. The van der Waals surface area contributed by atoms with Gasteiger partial charge in [-0.25, -0.2) is 4.79 Å². The lowest BCUT2D eigenvalue weighted by Gasteiger charge is -2.31. The zero-order chi connectivity index (χ0) is 40.0. The Morgan fingerprint density at radius 2 is 1.29 bits per heavy atom. The highest BCUT2D eigenvalue weighted by atomic mass is 16.4. The van der Waals surface area contributed by atoms with E-state index in [4.69, 9.17) is 17.2 Å². The minimum Gasteiger partial charge on any atom is -0.481 e. The molecule has 0 spiro atoms. The third kappa shape index (κ3) is 13.8. The first kappa shape index (κ1) is 44.7. The maximum atomic E-state index is 13.7. The zero-order valence-corrected chi connectivity index (χ0v) is 29.8. The monoisotopic (exact) mass is 741 g/mol. The van der Waals surface area contributed by atoms with Crippen LogP contribution in [0.2, 0.25) is 0 Å². The summed E-state index contributed by atoms with van der Waals surface area (Å²) in [5.74, 6) is -11.3. The molecule has 1 rings (SSSR count). The lowest BCUT2D eigenvalue weighted by atomic mass is 9.97. The molecule has 0 aromatic heterocycles. The van der Waals surface area contributed by atoms with Gasteiger partial charge in [-0.1, -0.05) is 34.1 Å². The highest BCUT2D eigenvalue weighted by molar-refractivity contribution is 5.99. The molecule has 1 saturated heterocycles. The third-order valence-corrected chi connectivity index (χ3v) is 8.40. The molecule has 21 heteroatoms. The molecule has 8 atom stereocenters. The molecule has 1 fully saturated rings. The van der Waals surface area contributed by atoms with Crippen molar-refractivity contribution in [1.82, 2.24) is 31.5 Å². The Bertz CT molecular complexity index is 1390. The summed E-state index contributed by atoms with van der Waals surface area (Å²) in [5, 5.41) is 30.6. The van der Waals surface area contributed by atoms with Gasteiger partial charge >= 0.3 is 11.9 Å². The number of carboxylic acid groups (broad SMARTS) is 2. The summed E-state index contributed by atoms with van der Waals surface area (Å²) >= 11 is 0. The first-order chi connectivity index (χ1) is 24.1. The molecule has 0 saturated carbocycles. The molecule has 0 radical (unpaired) electrons. The van der Waals surface area contributed by atoms with E-state index in [-0.39, 0.29) is 19.4 Å². The van der Waals surface area contributed by atoms with Crippen molar-refractivity contribution >= 4 is 59.2 Å². The van der Waals surface area contributed by atoms with Gasteiger partial charge in [0.05, 0.1) is 25.3 Å². The summed E-state index contributed by atoms with van der Waals surface area (Å²) < 4.78 is 0. The van der Waals surface area contributed by atoms with Crippen LogP contribution in [0.3, 0.4) is 0 Å². The molecule has 292 valence electrons. The van der Waals surface area contributed by atoms with Crippen molar-refractivity contribution in [3.05, 3.63) is 0 Å². The Morgan fingerprint density at radius 1 is 0.712 bits per heavy atom. The molecule has 0 aromatic carbocycles. The number of nitrogens with zero attached hydrogens (tertiary/aromatic N) is 1. The van der Waals surface area contributed by atoms with Gasteiger partial charge in [0.25, 0.3) is 0 Å². The van der Waals surface area contributed by atoms with Crippen molar-refractivity contribution in [2.45, 2.75) is 115 Å². The van der Waals surface area contributed by atoms with E-state index in [1.807, 2.05) is 0 Å². The minimum atomic E-state index is -1.72. The highest BCUT2D eigenvalue weighted by Crippen LogP contribution is 2.20. The number of carbonyl (C=O) groups is 10. The number of nitrogens with two attached hydrogens (primary N) is 3. The normalized spacial score (nSPS) is 18.0. The molecular weight excluding hydrogens is 690 g/mol. The number of rotatable bonds is 21. The van der Waals surface area contributed by atoms with Gasteiger partial charge in [-0.2, -0.15) is 0 Å². The van der Waals surface area contributed by atoms with Crippen LogP contribution < -0.4 is 43.8 Å². The molecule has 0 aliphatic carbocycles. The van der Waals surface area contributed by atoms with Gasteiger partial charge < -0.3 is 58.9 Å². The first-order valence-electron chi connectivity index (χ1n) is 16.7. The minimum absolute atomic E-state index is 0.0457. The van der Waals surface area contributed by atoms with Crippen molar-refractivity contribution in [3.8, 4) is 0 Å². The van der Waals surface area contributed by atoms with Crippen molar-refractivity contribution < 1.29 is 58.2 Å². The third-order valence-electron chi connectivity index (χ3n) is 8.40. The summed E-state index contributed by atoms with van der Waals surface area (Å²) in [6, 6.07) is -9.90. The smallest absolute Gasteiger partial charge is 0.326 e. The molecule has 1 heterocycles. The maximum Gasteiger partial charge on any atom is 0.326 e. The fourth-order valence-corrected chi connectivity index (χ4v) is 5.26. The summed E-state index contributed by atoms with van der Waals surface area (Å²) in [5.41, 5.74) is 16.1. The van der Waals surface area contributed by atoms with Gasteiger partial charge in [0.1, 0.15) is 36.3 Å². The van der Waals surface area contributed by atoms with Gasteiger partial charge in [-0.15, -0.1) is 0 Å². The van der Waals surface area contributed by atoms with E-state index in [1.165, 1.54) is 6.92 Å². The van der Waals surface area contributed by atoms with Crippen molar-refractivity contribution in [3.63, 3.8) is 0 Å². The van der Waals surface area contributed by atoms with E-state index in [9.17, 15) is 58.2 Å². The number of amides is 8. The summed E-state index contributed by atoms with van der Waals surface area (Å²) in [6.45, 7) is 7.62. The molecule has 1 aliphatic rings. The molecule has 0 aromatic rings. The van der Waals surface area contributed by atoms with Gasteiger partial charge in [0.15, 0.2) is 0 Å². The van der Waals surface area contributed by atoms with Gasteiger partial charge in [-0.05, 0) is 31.6 Å². The van der Waals surface area contributed by atoms with E-state index in [2.05, 4.69) is 26.6 Å². The van der Waals surface area contributed by atoms with Gasteiger partial charge in [0, 0.05) is 6.54 Å². The fraction of sp³-hybridized carbons (Fsp3) is 0.677. The molecular formula is C31H51N9O12. The van der Waals surface area contributed by atoms with Crippen molar-refractivity contribution in [2.24, 2.45) is 29.0 Å². The van der Waals surface area contributed by atoms with Crippen LogP contribution in [-0.2, 0) is 47.9 Å². The van der Waals surface area contributed by atoms with Gasteiger partial charge in [0.2, 0.25) is 47.3 Å². The summed E-state index contributed by atoms with van der Waals surface area (Å²) in [6.07, 6.45) is -1.50. The van der Waals surface area contributed by atoms with E-state index in [0.717, 1.165) is 4.90 Å². The molecule has 52 heavy (non-hydrogen) atoms. The number of carboxylic acids is 2. The molecule has 8 amide bonds. The number of aliphatic carboxylic acids is 2. The number of nitrogens with one attached hydrogen (secondary N) is 5. The predicted molar refractivity (Wildman–Crippen MR) is 180 cm³/mol. The second-order valence-electron chi connectivity index (χ2n) is 13.0. The maximum absolute atomic E-state index is 13.7. The van der Waals surface area contributed by atoms with Crippen LogP contribution in [0, 0.1) is 11.8 Å². The molecule has 0 unspecified atom stereocenters.